The summed E-state index contributed by atoms with van der Waals surface area (Å²) in [5.74, 6) is 1.59. The van der Waals surface area contributed by atoms with E-state index in [1.807, 2.05) is 35.9 Å². The number of nitrogen functional groups attached to an aromatic ring is 1. The minimum Gasteiger partial charge on any atom is -0.382 e. The molecule has 0 spiro atoms. The van der Waals surface area contributed by atoms with Gasteiger partial charge in [0.25, 0.3) is 0 Å². The van der Waals surface area contributed by atoms with Gasteiger partial charge in [-0.25, -0.2) is 9.97 Å². The molecule has 0 aliphatic carbocycles. The fourth-order valence-corrected chi connectivity index (χ4v) is 2.91. The summed E-state index contributed by atoms with van der Waals surface area (Å²) in [6.45, 7) is 10.0. The number of fused-ring (bicyclic) bond motifs is 1. The molecule has 128 valence electrons. The highest BCUT2D eigenvalue weighted by atomic mass is 16.1. The fraction of sp³-hybridized carbons (Fsp3) is 0.211. The zero-order chi connectivity index (χ0) is 18.1. The second-order valence-corrected chi connectivity index (χ2v) is 6.11. The zero-order valence-electron chi connectivity index (χ0n) is 14.6. The quantitative estimate of drug-likeness (QED) is 0.685. The highest BCUT2D eigenvalue weighted by Gasteiger charge is 2.21. The average Bonchev–Trinajstić information content (AvgIpc) is 2.98. The molecule has 2 aromatic rings. The van der Waals surface area contributed by atoms with Gasteiger partial charge in [-0.2, -0.15) is 0 Å². The molecule has 2 aromatic heterocycles. The second kappa shape index (κ2) is 6.39. The van der Waals surface area contributed by atoms with Gasteiger partial charge in [0, 0.05) is 35.8 Å². The Morgan fingerprint density at radius 1 is 1.40 bits per heavy atom. The molecule has 1 aliphatic heterocycles. The Morgan fingerprint density at radius 2 is 2.16 bits per heavy atom. The Labute approximate surface area is 146 Å². The molecule has 0 unspecified atom stereocenters. The van der Waals surface area contributed by atoms with Gasteiger partial charge in [-0.1, -0.05) is 26.5 Å². The summed E-state index contributed by atoms with van der Waals surface area (Å²) in [4.78, 5) is 21.9. The third-order valence-electron chi connectivity index (χ3n) is 4.13. The molecule has 1 aliphatic rings. The number of carbonyl (C=O) groups excluding carboxylic acids is 1. The van der Waals surface area contributed by atoms with E-state index in [1.165, 1.54) is 0 Å². The van der Waals surface area contributed by atoms with Crippen molar-refractivity contribution in [2.75, 3.05) is 5.73 Å². The van der Waals surface area contributed by atoms with Gasteiger partial charge in [-0.05, 0) is 19.1 Å². The molecule has 3 rings (SSSR count). The molecule has 0 saturated carbocycles. The van der Waals surface area contributed by atoms with Crippen LogP contribution in [0.5, 0.6) is 0 Å². The van der Waals surface area contributed by atoms with Crippen molar-refractivity contribution in [3.8, 4) is 0 Å². The van der Waals surface area contributed by atoms with Gasteiger partial charge in [0.15, 0.2) is 6.29 Å². The smallest absolute Gasteiger partial charge is 0.166 e. The zero-order valence-corrected chi connectivity index (χ0v) is 14.6. The standard InChI is InChI=1S/C19H21N5O/c1-5-15(11-25)23-8-6-14(10-13(23)4)16-17-18(20)21-7-9-24(17)19(22-16)12(2)3/h5-12H,4H2,1-3H3,(H2,20,21)/b15-5-. The van der Waals surface area contributed by atoms with E-state index in [0.717, 1.165) is 28.9 Å². The molecule has 0 atom stereocenters. The first-order chi connectivity index (χ1) is 12.0. The molecular weight excluding hydrogens is 314 g/mol. The van der Waals surface area contributed by atoms with E-state index < -0.39 is 0 Å². The van der Waals surface area contributed by atoms with Crippen molar-refractivity contribution in [2.45, 2.75) is 26.7 Å². The number of aldehydes is 1. The van der Waals surface area contributed by atoms with Crippen molar-refractivity contribution in [2.24, 2.45) is 0 Å². The summed E-state index contributed by atoms with van der Waals surface area (Å²) in [5.41, 5.74) is 9.77. The third kappa shape index (κ3) is 2.76. The van der Waals surface area contributed by atoms with Crippen LogP contribution < -0.4 is 5.73 Å². The predicted molar refractivity (Wildman–Crippen MR) is 99.4 cm³/mol. The molecule has 6 nitrogen and oxygen atoms in total. The van der Waals surface area contributed by atoms with Crippen molar-refractivity contribution < 1.29 is 4.79 Å². The van der Waals surface area contributed by atoms with Crippen LogP contribution in [0.1, 0.15) is 38.2 Å². The summed E-state index contributed by atoms with van der Waals surface area (Å²) >= 11 is 0. The molecular formula is C19H21N5O. The van der Waals surface area contributed by atoms with Crippen LogP contribution in [0.2, 0.25) is 0 Å². The minimum absolute atomic E-state index is 0.237. The van der Waals surface area contributed by atoms with Crippen molar-refractivity contribution in [3.63, 3.8) is 0 Å². The maximum atomic E-state index is 11.2. The third-order valence-corrected chi connectivity index (χ3v) is 4.13. The second-order valence-electron chi connectivity index (χ2n) is 6.11. The van der Waals surface area contributed by atoms with Crippen LogP contribution in [0.25, 0.3) is 11.1 Å². The van der Waals surface area contributed by atoms with Crippen LogP contribution in [0.3, 0.4) is 0 Å². The number of hydrogen-bond donors (Lipinski definition) is 1. The van der Waals surface area contributed by atoms with Crippen LogP contribution in [0.15, 0.2) is 54.8 Å². The van der Waals surface area contributed by atoms with E-state index in [-0.39, 0.29) is 5.92 Å². The van der Waals surface area contributed by atoms with Gasteiger partial charge < -0.3 is 10.6 Å². The number of hydrogen-bond acceptors (Lipinski definition) is 5. The largest absolute Gasteiger partial charge is 0.382 e. The van der Waals surface area contributed by atoms with E-state index in [1.54, 1.807) is 17.2 Å². The topological polar surface area (TPSA) is 76.5 Å². The first kappa shape index (κ1) is 16.7. The van der Waals surface area contributed by atoms with Gasteiger partial charge in [0.1, 0.15) is 22.9 Å². The Kier molecular flexibility index (Phi) is 4.27. The first-order valence-electron chi connectivity index (χ1n) is 8.10. The minimum atomic E-state index is 0.237. The summed E-state index contributed by atoms with van der Waals surface area (Å²) in [7, 11) is 0. The highest BCUT2D eigenvalue weighted by Crippen LogP contribution is 2.32. The van der Waals surface area contributed by atoms with Gasteiger partial charge >= 0.3 is 0 Å². The fourth-order valence-electron chi connectivity index (χ4n) is 2.91. The van der Waals surface area contributed by atoms with E-state index in [0.29, 0.717) is 17.2 Å². The Balaban J connectivity index is 2.13. The molecule has 0 fully saturated rings. The number of imidazole rings is 1. The van der Waals surface area contributed by atoms with E-state index in [9.17, 15) is 4.79 Å². The highest BCUT2D eigenvalue weighted by molar-refractivity contribution is 5.89. The molecule has 25 heavy (non-hydrogen) atoms. The maximum absolute atomic E-state index is 11.2. The van der Waals surface area contributed by atoms with Crippen LogP contribution in [0, 0.1) is 0 Å². The lowest BCUT2D eigenvalue weighted by molar-refractivity contribution is -0.105. The van der Waals surface area contributed by atoms with Crippen LogP contribution in [-0.2, 0) is 4.79 Å². The molecule has 0 aromatic carbocycles. The number of anilines is 1. The number of aromatic nitrogens is 3. The SMILES string of the molecule is C=C1C=C(c2nc(C(C)C)n3ccnc(N)c23)C=CN1/C(C=O)=C\C. The average molecular weight is 335 g/mol. The molecule has 0 saturated heterocycles. The number of nitrogens with two attached hydrogens (primary N) is 1. The van der Waals surface area contributed by atoms with Crippen molar-refractivity contribution in [1.29, 1.82) is 0 Å². The lowest BCUT2D eigenvalue weighted by Gasteiger charge is -2.24. The van der Waals surface area contributed by atoms with E-state index >= 15 is 0 Å². The van der Waals surface area contributed by atoms with Crippen molar-refractivity contribution in [3.05, 3.63) is 66.3 Å². The van der Waals surface area contributed by atoms with Crippen molar-refractivity contribution in [1.82, 2.24) is 19.3 Å². The van der Waals surface area contributed by atoms with Gasteiger partial charge in [0.2, 0.25) is 0 Å². The molecule has 3 heterocycles. The summed E-state index contributed by atoms with van der Waals surface area (Å²) < 4.78 is 1.98. The predicted octanol–water partition coefficient (Wildman–Crippen LogP) is 3.26. The lowest BCUT2D eigenvalue weighted by Crippen LogP contribution is -2.17. The monoisotopic (exact) mass is 335 g/mol. The molecule has 2 N–H and O–H groups in total. The number of allylic oxidation sites excluding steroid dienone is 5. The lowest BCUT2D eigenvalue weighted by atomic mass is 10.1. The number of carbonyl (C=O) groups is 1. The molecule has 0 bridgehead atoms. The van der Waals surface area contributed by atoms with Crippen LogP contribution >= 0.6 is 0 Å². The normalized spacial score (nSPS) is 15.2. The van der Waals surface area contributed by atoms with Gasteiger partial charge in [-0.15, -0.1) is 0 Å². The van der Waals surface area contributed by atoms with E-state index in [2.05, 4.69) is 25.4 Å². The summed E-state index contributed by atoms with van der Waals surface area (Å²) in [6.07, 6.45) is 11.7. The number of nitrogens with zero attached hydrogens (tertiary/aromatic N) is 4. The van der Waals surface area contributed by atoms with Gasteiger partial charge in [-0.3, -0.25) is 9.20 Å². The van der Waals surface area contributed by atoms with Crippen LogP contribution in [0.4, 0.5) is 5.82 Å². The Bertz CT molecular complexity index is 946. The van der Waals surface area contributed by atoms with E-state index in [4.69, 9.17) is 10.7 Å². The molecule has 0 amide bonds. The van der Waals surface area contributed by atoms with Crippen LogP contribution in [-0.4, -0.2) is 25.6 Å². The Morgan fingerprint density at radius 3 is 2.76 bits per heavy atom. The summed E-state index contributed by atoms with van der Waals surface area (Å²) in [5, 5.41) is 0. The number of rotatable bonds is 4. The molecule has 0 radical (unpaired) electrons. The Hall–Kier alpha value is -3.15. The summed E-state index contributed by atoms with van der Waals surface area (Å²) in [6, 6.07) is 0. The maximum Gasteiger partial charge on any atom is 0.166 e. The van der Waals surface area contributed by atoms with Crippen molar-refractivity contribution >= 4 is 23.2 Å². The molecule has 6 heteroatoms. The van der Waals surface area contributed by atoms with Gasteiger partial charge in [0.05, 0.1) is 5.70 Å². The first-order valence-corrected chi connectivity index (χ1v) is 8.10.